The number of amides is 1. The van der Waals surface area contributed by atoms with Crippen molar-refractivity contribution in [3.8, 4) is 0 Å². The van der Waals surface area contributed by atoms with Crippen LogP contribution in [0.5, 0.6) is 0 Å². The maximum atomic E-state index is 11.6. The summed E-state index contributed by atoms with van der Waals surface area (Å²) in [5, 5.41) is 10.5. The van der Waals surface area contributed by atoms with Gasteiger partial charge >= 0.3 is 5.97 Å². The summed E-state index contributed by atoms with van der Waals surface area (Å²) in [4.78, 5) is 33.9. The van der Waals surface area contributed by atoms with Gasteiger partial charge in [-0.15, -0.1) is 0 Å². The minimum atomic E-state index is -1.12. The van der Waals surface area contributed by atoms with E-state index >= 15 is 0 Å². The number of halogens is 1. The zero-order valence-corrected chi connectivity index (χ0v) is 11.1. The van der Waals surface area contributed by atoms with Crippen LogP contribution in [-0.2, 0) is 20.9 Å². The third-order valence-corrected chi connectivity index (χ3v) is 3.30. The Hall–Kier alpha value is -2.15. The van der Waals surface area contributed by atoms with Crippen molar-refractivity contribution in [1.82, 2.24) is 4.90 Å². The van der Waals surface area contributed by atoms with Crippen molar-refractivity contribution in [2.45, 2.75) is 18.5 Å². The highest BCUT2D eigenvalue weighted by Crippen LogP contribution is 2.18. The molecule has 1 heterocycles. The highest BCUT2D eigenvalue weighted by Gasteiger charge is 2.35. The maximum absolute atomic E-state index is 11.6. The fourth-order valence-electron chi connectivity index (χ4n) is 1.64. The molecule has 106 valence electrons. The van der Waals surface area contributed by atoms with Crippen LogP contribution in [0.15, 0.2) is 24.3 Å². The normalized spacial score (nSPS) is 15.4. The van der Waals surface area contributed by atoms with Gasteiger partial charge in [-0.3, -0.25) is 14.9 Å². The summed E-state index contributed by atoms with van der Waals surface area (Å²) in [6, 6.07) is 5.62. The van der Waals surface area contributed by atoms with Gasteiger partial charge in [0.2, 0.25) is 11.4 Å². The van der Waals surface area contributed by atoms with E-state index < -0.39 is 16.4 Å². The van der Waals surface area contributed by atoms with Gasteiger partial charge in [0.05, 0.1) is 4.92 Å². The third kappa shape index (κ3) is 3.05. The van der Waals surface area contributed by atoms with Gasteiger partial charge in [-0.25, -0.2) is 4.79 Å². The lowest BCUT2D eigenvalue weighted by molar-refractivity contribution is -0.384. The van der Waals surface area contributed by atoms with E-state index in [9.17, 15) is 19.7 Å². The molecule has 20 heavy (non-hydrogen) atoms. The monoisotopic (exact) mass is 298 g/mol. The number of ether oxygens (including phenoxy) is 1. The van der Waals surface area contributed by atoms with Gasteiger partial charge in [0.25, 0.3) is 5.69 Å². The van der Waals surface area contributed by atoms with E-state index in [1.807, 2.05) is 0 Å². The van der Waals surface area contributed by atoms with Crippen LogP contribution in [0.1, 0.15) is 12.0 Å². The molecule has 1 saturated heterocycles. The molecule has 1 atom stereocenters. The SMILES string of the molecule is O=C(OCc1ccc([N+](=O)[O-])cc1)C(Cl)N1CCC1=O. The topological polar surface area (TPSA) is 89.8 Å². The Kier molecular flexibility index (Phi) is 4.19. The van der Waals surface area contributed by atoms with Crippen LogP contribution in [0.2, 0.25) is 0 Å². The molecule has 1 aliphatic rings. The predicted octanol–water partition coefficient (Wildman–Crippen LogP) is 1.44. The Labute approximate surface area is 119 Å². The molecule has 0 N–H and O–H groups in total. The number of benzene rings is 1. The maximum Gasteiger partial charge on any atom is 0.344 e. The number of carbonyl (C=O) groups excluding carboxylic acids is 2. The number of esters is 1. The summed E-state index contributed by atoms with van der Waals surface area (Å²) in [7, 11) is 0. The molecule has 8 heteroatoms. The summed E-state index contributed by atoms with van der Waals surface area (Å²) < 4.78 is 4.96. The average Bonchev–Trinajstić information content (AvgIpc) is 2.43. The number of nitro groups is 1. The molecule has 0 aromatic heterocycles. The number of likely N-dealkylation sites (tertiary alicyclic amines) is 1. The smallest absolute Gasteiger partial charge is 0.344 e. The number of rotatable bonds is 5. The van der Waals surface area contributed by atoms with E-state index in [4.69, 9.17) is 16.3 Å². The summed E-state index contributed by atoms with van der Waals surface area (Å²) in [6.45, 7) is 0.391. The van der Waals surface area contributed by atoms with E-state index in [1.54, 1.807) is 0 Å². The number of hydrogen-bond acceptors (Lipinski definition) is 5. The molecule has 1 aromatic carbocycles. The number of β-lactam (4-membered cyclic amide) rings is 1. The van der Waals surface area contributed by atoms with Crippen LogP contribution in [-0.4, -0.2) is 33.7 Å². The van der Waals surface area contributed by atoms with Crippen molar-refractivity contribution < 1.29 is 19.2 Å². The van der Waals surface area contributed by atoms with Crippen LogP contribution in [0.25, 0.3) is 0 Å². The minimum Gasteiger partial charge on any atom is -0.458 e. The Morgan fingerprint density at radius 2 is 2.10 bits per heavy atom. The molecule has 0 radical (unpaired) electrons. The minimum absolute atomic E-state index is 0.0403. The highest BCUT2D eigenvalue weighted by atomic mass is 35.5. The van der Waals surface area contributed by atoms with Crippen molar-refractivity contribution in [2.75, 3.05) is 6.54 Å². The van der Waals surface area contributed by atoms with Gasteiger partial charge in [-0.2, -0.15) is 0 Å². The highest BCUT2D eigenvalue weighted by molar-refractivity contribution is 6.30. The first kappa shape index (κ1) is 14.3. The van der Waals surface area contributed by atoms with E-state index in [1.165, 1.54) is 29.2 Å². The van der Waals surface area contributed by atoms with Gasteiger partial charge in [0.1, 0.15) is 6.61 Å². The second-order valence-corrected chi connectivity index (χ2v) is 4.62. The van der Waals surface area contributed by atoms with Crippen LogP contribution < -0.4 is 0 Å². The standard InChI is InChI=1S/C12H11ClN2O5/c13-11(14-6-5-10(14)16)12(17)20-7-8-1-3-9(4-2-8)15(18)19/h1-4,11H,5-7H2. The van der Waals surface area contributed by atoms with E-state index in [0.29, 0.717) is 18.5 Å². The first-order valence-electron chi connectivity index (χ1n) is 5.82. The summed E-state index contributed by atoms with van der Waals surface area (Å²) in [5.41, 5.74) is -0.557. The zero-order valence-electron chi connectivity index (χ0n) is 10.3. The van der Waals surface area contributed by atoms with Crippen molar-refractivity contribution in [2.24, 2.45) is 0 Å². The van der Waals surface area contributed by atoms with E-state index in [0.717, 1.165) is 0 Å². The van der Waals surface area contributed by atoms with Gasteiger partial charge in [0.15, 0.2) is 0 Å². The lowest BCUT2D eigenvalue weighted by Crippen LogP contribution is -2.51. The quantitative estimate of drug-likeness (QED) is 0.205. The van der Waals surface area contributed by atoms with Crippen molar-refractivity contribution >= 4 is 29.2 Å². The Bertz CT molecular complexity index is 545. The average molecular weight is 299 g/mol. The van der Waals surface area contributed by atoms with Gasteiger partial charge < -0.3 is 9.64 Å². The number of hydrogen-bond donors (Lipinski definition) is 0. The molecule has 0 spiro atoms. The lowest BCUT2D eigenvalue weighted by atomic mass is 10.2. The number of nitrogens with zero attached hydrogens (tertiary/aromatic N) is 2. The summed E-state index contributed by atoms with van der Waals surface area (Å²) in [6.07, 6.45) is 0.388. The largest absolute Gasteiger partial charge is 0.458 e. The molecule has 0 saturated carbocycles. The van der Waals surface area contributed by atoms with Crippen LogP contribution in [0, 0.1) is 10.1 Å². The fourth-order valence-corrected chi connectivity index (χ4v) is 1.91. The molecule has 1 aliphatic heterocycles. The van der Waals surface area contributed by atoms with Crippen LogP contribution >= 0.6 is 11.6 Å². The molecule has 7 nitrogen and oxygen atoms in total. The fraction of sp³-hybridized carbons (Fsp3) is 0.333. The summed E-state index contributed by atoms with van der Waals surface area (Å²) in [5.74, 6) is -0.893. The number of alkyl halides is 1. The number of non-ortho nitro benzene ring substituents is 1. The molecule has 2 rings (SSSR count). The molecule has 1 aromatic rings. The first-order valence-corrected chi connectivity index (χ1v) is 6.26. The molecule has 0 aliphatic carbocycles. The molecular formula is C12H11ClN2O5. The van der Waals surface area contributed by atoms with Crippen molar-refractivity contribution in [3.63, 3.8) is 0 Å². The third-order valence-electron chi connectivity index (χ3n) is 2.88. The van der Waals surface area contributed by atoms with E-state index in [-0.39, 0.29) is 18.2 Å². The molecule has 1 unspecified atom stereocenters. The van der Waals surface area contributed by atoms with Crippen molar-refractivity contribution in [3.05, 3.63) is 39.9 Å². The van der Waals surface area contributed by atoms with Gasteiger partial charge in [-0.05, 0) is 17.7 Å². The number of carbonyl (C=O) groups is 2. The number of nitro benzene ring substituents is 1. The molecule has 0 bridgehead atoms. The van der Waals surface area contributed by atoms with Gasteiger partial charge in [0, 0.05) is 25.1 Å². The van der Waals surface area contributed by atoms with Crippen LogP contribution in [0.4, 0.5) is 5.69 Å². The Morgan fingerprint density at radius 1 is 1.45 bits per heavy atom. The second kappa shape index (κ2) is 5.87. The predicted molar refractivity (Wildman–Crippen MR) is 68.9 cm³/mol. The molecule has 1 fully saturated rings. The lowest BCUT2D eigenvalue weighted by Gasteiger charge is -2.33. The van der Waals surface area contributed by atoms with Crippen molar-refractivity contribution in [1.29, 1.82) is 0 Å². The first-order chi connectivity index (χ1) is 9.49. The Morgan fingerprint density at radius 3 is 2.55 bits per heavy atom. The van der Waals surface area contributed by atoms with Gasteiger partial charge in [-0.1, -0.05) is 11.6 Å². The van der Waals surface area contributed by atoms with E-state index in [2.05, 4.69) is 0 Å². The zero-order chi connectivity index (χ0) is 14.7. The summed E-state index contributed by atoms with van der Waals surface area (Å²) >= 11 is 5.80. The molecule has 1 amide bonds. The Balaban J connectivity index is 1.86. The second-order valence-electron chi connectivity index (χ2n) is 4.20. The van der Waals surface area contributed by atoms with Crippen LogP contribution in [0.3, 0.4) is 0 Å². The molecular weight excluding hydrogens is 288 g/mol.